The van der Waals surface area contributed by atoms with Gasteiger partial charge in [0.25, 0.3) is 11.5 Å². The van der Waals surface area contributed by atoms with E-state index in [0.29, 0.717) is 12.2 Å². The zero-order valence-electron chi connectivity index (χ0n) is 14.6. The number of rotatable bonds is 4. The van der Waals surface area contributed by atoms with Gasteiger partial charge in [-0.15, -0.1) is 0 Å². The van der Waals surface area contributed by atoms with Gasteiger partial charge in [-0.3, -0.25) is 9.59 Å². The van der Waals surface area contributed by atoms with Gasteiger partial charge in [-0.25, -0.2) is 0 Å². The topological polar surface area (TPSA) is 51.1 Å². The van der Waals surface area contributed by atoms with E-state index in [-0.39, 0.29) is 11.1 Å². The molecular weight excluding hydrogens is 392 g/mol. The summed E-state index contributed by atoms with van der Waals surface area (Å²) in [5.74, 6) is -0.414. The Hall–Kier alpha value is -2.66. The third-order valence-corrected chi connectivity index (χ3v) is 4.69. The van der Waals surface area contributed by atoms with Crippen LogP contribution in [0.4, 0.5) is 5.69 Å². The highest BCUT2D eigenvalue weighted by Gasteiger charge is 2.13. The molecule has 1 amide bonds. The van der Waals surface area contributed by atoms with E-state index in [1.54, 1.807) is 35.0 Å². The largest absolute Gasteiger partial charge is 0.322 e. The number of anilines is 1. The fourth-order valence-electron chi connectivity index (χ4n) is 2.75. The molecule has 1 N–H and O–H groups in total. The molecule has 0 radical (unpaired) electrons. The van der Waals surface area contributed by atoms with Crippen LogP contribution in [0.1, 0.15) is 27.0 Å². The molecule has 0 saturated carbocycles. The highest BCUT2D eigenvalue weighted by Crippen LogP contribution is 2.16. The number of aryl methyl sites for hydroxylation is 2. The van der Waals surface area contributed by atoms with Crippen LogP contribution in [0.2, 0.25) is 0 Å². The number of halogens is 1. The number of pyridine rings is 1. The van der Waals surface area contributed by atoms with Gasteiger partial charge in [-0.05, 0) is 55.3 Å². The molecule has 2 aromatic carbocycles. The minimum absolute atomic E-state index is 0.123. The van der Waals surface area contributed by atoms with Crippen LogP contribution in [0.5, 0.6) is 0 Å². The summed E-state index contributed by atoms with van der Waals surface area (Å²) in [6.07, 6.45) is 1.71. The number of hydrogen-bond acceptors (Lipinski definition) is 2. The first-order valence-corrected chi connectivity index (χ1v) is 9.06. The van der Waals surface area contributed by atoms with Crippen LogP contribution >= 0.6 is 15.9 Å². The van der Waals surface area contributed by atoms with Gasteiger partial charge in [0.15, 0.2) is 0 Å². The van der Waals surface area contributed by atoms with Gasteiger partial charge in [0.05, 0.1) is 6.54 Å². The maximum atomic E-state index is 12.8. The summed E-state index contributed by atoms with van der Waals surface area (Å²) in [6.45, 7) is 4.47. The molecule has 0 aliphatic rings. The van der Waals surface area contributed by atoms with Gasteiger partial charge in [0, 0.05) is 16.4 Å². The highest BCUT2D eigenvalue weighted by atomic mass is 79.9. The third kappa shape index (κ3) is 4.11. The normalized spacial score (nSPS) is 10.6. The van der Waals surface area contributed by atoms with Crippen molar-refractivity contribution in [2.75, 3.05) is 5.32 Å². The fraction of sp³-hybridized carbons (Fsp3) is 0.143. The van der Waals surface area contributed by atoms with E-state index in [2.05, 4.69) is 27.3 Å². The lowest BCUT2D eigenvalue weighted by atomic mass is 10.1. The number of carbonyl (C=O) groups excluding carboxylic acids is 1. The van der Waals surface area contributed by atoms with Crippen molar-refractivity contribution in [1.82, 2.24) is 4.57 Å². The zero-order chi connectivity index (χ0) is 18.7. The predicted octanol–water partition coefficient (Wildman–Crippen LogP) is 4.53. The Kier molecular flexibility index (Phi) is 5.38. The first-order chi connectivity index (χ1) is 12.4. The van der Waals surface area contributed by atoms with Gasteiger partial charge in [-0.1, -0.05) is 45.8 Å². The summed E-state index contributed by atoms with van der Waals surface area (Å²) >= 11 is 3.37. The summed E-state index contributed by atoms with van der Waals surface area (Å²) in [5, 5.41) is 2.77. The Balaban J connectivity index is 1.88. The number of aromatic nitrogens is 1. The number of hydrogen-bond donors (Lipinski definition) is 1. The van der Waals surface area contributed by atoms with E-state index in [9.17, 15) is 9.59 Å². The van der Waals surface area contributed by atoms with Crippen LogP contribution < -0.4 is 10.9 Å². The molecule has 5 heteroatoms. The molecule has 4 nitrogen and oxygen atoms in total. The molecule has 0 atom stereocenters. The van der Waals surface area contributed by atoms with Gasteiger partial charge in [0.1, 0.15) is 5.56 Å². The van der Waals surface area contributed by atoms with Crippen molar-refractivity contribution in [2.45, 2.75) is 20.4 Å². The maximum Gasteiger partial charge on any atom is 0.263 e. The number of carbonyl (C=O) groups is 1. The van der Waals surface area contributed by atoms with Crippen LogP contribution in [0.3, 0.4) is 0 Å². The molecule has 0 fully saturated rings. The molecule has 1 heterocycles. The highest BCUT2D eigenvalue weighted by molar-refractivity contribution is 9.10. The summed E-state index contributed by atoms with van der Waals surface area (Å²) < 4.78 is 2.42. The van der Waals surface area contributed by atoms with Gasteiger partial charge in [0.2, 0.25) is 0 Å². The average molecular weight is 411 g/mol. The number of benzene rings is 2. The Morgan fingerprint density at radius 3 is 2.65 bits per heavy atom. The zero-order valence-corrected chi connectivity index (χ0v) is 16.2. The van der Waals surface area contributed by atoms with Crippen molar-refractivity contribution in [3.63, 3.8) is 0 Å². The lowest BCUT2D eigenvalue weighted by molar-refractivity contribution is 0.102. The molecular formula is C21H19BrN2O2. The molecule has 3 aromatic rings. The lowest BCUT2D eigenvalue weighted by Crippen LogP contribution is -2.29. The smallest absolute Gasteiger partial charge is 0.263 e. The van der Waals surface area contributed by atoms with E-state index >= 15 is 0 Å². The number of nitrogens with zero attached hydrogens (tertiary/aromatic N) is 1. The SMILES string of the molecule is Cc1ccc(C)c(Cn2cccc(C(=O)Nc3cccc(Br)c3)c2=O)c1. The van der Waals surface area contributed by atoms with E-state index in [1.807, 2.05) is 38.1 Å². The minimum Gasteiger partial charge on any atom is -0.322 e. The lowest BCUT2D eigenvalue weighted by Gasteiger charge is -2.11. The molecule has 132 valence electrons. The molecule has 3 rings (SSSR count). The van der Waals surface area contributed by atoms with Crippen LogP contribution in [0.25, 0.3) is 0 Å². The van der Waals surface area contributed by atoms with E-state index < -0.39 is 5.91 Å². The standard InChI is InChI=1S/C21H19BrN2O2/c1-14-8-9-15(2)16(11-14)13-24-10-4-7-19(21(24)26)20(25)23-18-6-3-5-17(22)12-18/h3-12H,13H2,1-2H3,(H,23,25). The molecule has 0 saturated heterocycles. The van der Waals surface area contributed by atoms with E-state index in [1.165, 1.54) is 0 Å². The van der Waals surface area contributed by atoms with Crippen molar-refractivity contribution < 1.29 is 4.79 Å². The van der Waals surface area contributed by atoms with Crippen LogP contribution in [0.15, 0.2) is 70.1 Å². The van der Waals surface area contributed by atoms with Crippen molar-refractivity contribution in [1.29, 1.82) is 0 Å². The second kappa shape index (κ2) is 7.70. The summed E-state index contributed by atoms with van der Waals surface area (Å²) in [7, 11) is 0. The first-order valence-electron chi connectivity index (χ1n) is 8.26. The molecule has 0 spiro atoms. The van der Waals surface area contributed by atoms with Crippen molar-refractivity contribution in [2.24, 2.45) is 0 Å². The average Bonchev–Trinajstić information content (AvgIpc) is 2.60. The maximum absolute atomic E-state index is 12.8. The molecule has 0 aliphatic carbocycles. The van der Waals surface area contributed by atoms with Crippen LogP contribution in [0, 0.1) is 13.8 Å². The van der Waals surface area contributed by atoms with Crippen molar-refractivity contribution in [3.05, 3.63) is 97.9 Å². The van der Waals surface area contributed by atoms with E-state index in [0.717, 1.165) is 21.2 Å². The van der Waals surface area contributed by atoms with Gasteiger partial charge in [-0.2, -0.15) is 0 Å². The van der Waals surface area contributed by atoms with Gasteiger partial charge >= 0.3 is 0 Å². The Morgan fingerprint density at radius 2 is 1.88 bits per heavy atom. The number of amides is 1. The van der Waals surface area contributed by atoms with Crippen molar-refractivity contribution >= 4 is 27.5 Å². The molecule has 0 aliphatic heterocycles. The van der Waals surface area contributed by atoms with Crippen LogP contribution in [-0.2, 0) is 6.54 Å². The monoisotopic (exact) mass is 410 g/mol. The Morgan fingerprint density at radius 1 is 1.08 bits per heavy atom. The Labute approximate surface area is 160 Å². The second-order valence-electron chi connectivity index (χ2n) is 6.25. The first kappa shape index (κ1) is 18.1. The van der Waals surface area contributed by atoms with E-state index in [4.69, 9.17) is 0 Å². The molecule has 0 bridgehead atoms. The third-order valence-electron chi connectivity index (χ3n) is 4.19. The predicted molar refractivity (Wildman–Crippen MR) is 108 cm³/mol. The number of nitrogens with one attached hydrogen (secondary N) is 1. The summed E-state index contributed by atoms with van der Waals surface area (Å²) in [4.78, 5) is 25.3. The molecule has 0 unspecified atom stereocenters. The summed E-state index contributed by atoms with van der Waals surface area (Å²) in [5.41, 5.74) is 3.78. The second-order valence-corrected chi connectivity index (χ2v) is 7.17. The minimum atomic E-state index is -0.414. The molecule has 1 aromatic heterocycles. The summed E-state index contributed by atoms with van der Waals surface area (Å²) in [6, 6.07) is 16.7. The van der Waals surface area contributed by atoms with Crippen LogP contribution in [-0.4, -0.2) is 10.5 Å². The Bertz CT molecular complexity index is 1020. The fourth-order valence-corrected chi connectivity index (χ4v) is 3.15. The van der Waals surface area contributed by atoms with Crippen molar-refractivity contribution in [3.8, 4) is 0 Å². The quantitative estimate of drug-likeness (QED) is 0.686. The molecule has 26 heavy (non-hydrogen) atoms. The van der Waals surface area contributed by atoms with Gasteiger partial charge < -0.3 is 9.88 Å².